The zero-order valence-corrected chi connectivity index (χ0v) is 8.38. The third kappa shape index (κ3) is 7.53. The van der Waals surface area contributed by atoms with Crippen molar-refractivity contribution in [2.75, 3.05) is 13.2 Å². The molecule has 1 N–H and O–H groups in total. The normalized spacial score (nSPS) is 11.5. The molecule has 0 aliphatic heterocycles. The van der Waals surface area contributed by atoms with Crippen LogP contribution >= 0.6 is 0 Å². The van der Waals surface area contributed by atoms with E-state index in [2.05, 4.69) is 6.92 Å². The number of carbonyl (C=O) groups excluding carboxylic acids is 1. The van der Waals surface area contributed by atoms with Crippen LogP contribution in [0.25, 0.3) is 0 Å². The van der Waals surface area contributed by atoms with Crippen LogP contribution in [0, 0.1) is 0 Å². The van der Waals surface area contributed by atoms with Crippen LogP contribution in [0.4, 0.5) is 0 Å². The fourth-order valence-electron chi connectivity index (χ4n) is 0.926. The highest BCUT2D eigenvalue weighted by Gasteiger charge is 1.95. The second-order valence-corrected chi connectivity index (χ2v) is 2.93. The van der Waals surface area contributed by atoms with Gasteiger partial charge in [-0.1, -0.05) is 13.3 Å². The van der Waals surface area contributed by atoms with Crippen molar-refractivity contribution in [1.82, 2.24) is 0 Å². The van der Waals surface area contributed by atoms with Crippen molar-refractivity contribution in [2.24, 2.45) is 0 Å². The summed E-state index contributed by atoms with van der Waals surface area (Å²) in [5.41, 5.74) is 0.947. The van der Waals surface area contributed by atoms with Crippen molar-refractivity contribution in [3.63, 3.8) is 0 Å². The lowest BCUT2D eigenvalue weighted by Gasteiger charge is -2.02. The average molecular weight is 186 g/mol. The molecule has 0 aromatic carbocycles. The zero-order valence-electron chi connectivity index (χ0n) is 8.38. The molecule has 0 aromatic rings. The van der Waals surface area contributed by atoms with Crippen molar-refractivity contribution in [3.8, 4) is 0 Å². The molecular weight excluding hydrogens is 168 g/mol. The van der Waals surface area contributed by atoms with Gasteiger partial charge in [-0.2, -0.15) is 0 Å². The van der Waals surface area contributed by atoms with Gasteiger partial charge in [0.05, 0.1) is 6.61 Å². The van der Waals surface area contributed by atoms with E-state index in [1.807, 2.05) is 0 Å². The number of aliphatic hydroxyl groups excluding tert-OH is 1. The van der Waals surface area contributed by atoms with Crippen LogP contribution < -0.4 is 0 Å². The molecule has 0 bridgehead atoms. The molecule has 0 heterocycles. The van der Waals surface area contributed by atoms with Gasteiger partial charge in [-0.05, 0) is 24.5 Å². The van der Waals surface area contributed by atoms with Crippen molar-refractivity contribution in [3.05, 3.63) is 11.6 Å². The van der Waals surface area contributed by atoms with Crippen LogP contribution in [0.1, 0.15) is 33.1 Å². The lowest BCUT2D eigenvalue weighted by atomic mass is 10.1. The Labute approximate surface area is 79.4 Å². The van der Waals surface area contributed by atoms with E-state index in [0.717, 1.165) is 24.8 Å². The standard InChI is InChI=1S/C10H18O3/c1-3-4-5-10(8-11)6-7-13-9(2)12/h6,11H,3-5,7-8H2,1-2H3/b10-6-. The Morgan fingerprint density at radius 3 is 2.69 bits per heavy atom. The van der Waals surface area contributed by atoms with Crippen LogP contribution in [0.2, 0.25) is 0 Å². The summed E-state index contributed by atoms with van der Waals surface area (Å²) in [6, 6.07) is 0. The van der Waals surface area contributed by atoms with Crippen molar-refractivity contribution in [2.45, 2.75) is 33.1 Å². The Morgan fingerprint density at radius 1 is 1.54 bits per heavy atom. The molecule has 0 fully saturated rings. The minimum absolute atomic E-state index is 0.0568. The second kappa shape index (κ2) is 7.80. The van der Waals surface area contributed by atoms with Gasteiger partial charge in [0.1, 0.15) is 6.61 Å². The van der Waals surface area contributed by atoms with E-state index in [9.17, 15) is 4.79 Å². The van der Waals surface area contributed by atoms with Gasteiger partial charge in [-0.25, -0.2) is 0 Å². The predicted octanol–water partition coefficient (Wildman–Crippen LogP) is 1.66. The topological polar surface area (TPSA) is 46.5 Å². The summed E-state index contributed by atoms with van der Waals surface area (Å²) in [4.78, 5) is 10.4. The van der Waals surface area contributed by atoms with Gasteiger partial charge in [-0.3, -0.25) is 4.79 Å². The lowest BCUT2D eigenvalue weighted by Crippen LogP contribution is -2.00. The molecule has 0 saturated carbocycles. The van der Waals surface area contributed by atoms with Crippen LogP contribution in [0.5, 0.6) is 0 Å². The minimum Gasteiger partial charge on any atom is -0.462 e. The van der Waals surface area contributed by atoms with Crippen LogP contribution in [-0.2, 0) is 9.53 Å². The number of esters is 1. The van der Waals surface area contributed by atoms with Crippen molar-refractivity contribution >= 4 is 5.97 Å². The van der Waals surface area contributed by atoms with Crippen LogP contribution in [0.15, 0.2) is 11.6 Å². The Balaban J connectivity index is 3.71. The number of ether oxygens (including phenoxy) is 1. The largest absolute Gasteiger partial charge is 0.462 e. The molecule has 0 radical (unpaired) electrons. The molecule has 76 valence electrons. The first-order chi connectivity index (χ1) is 6.20. The number of unbranched alkanes of at least 4 members (excludes halogenated alkanes) is 1. The first-order valence-electron chi connectivity index (χ1n) is 4.62. The van der Waals surface area contributed by atoms with Crippen LogP contribution in [0.3, 0.4) is 0 Å². The van der Waals surface area contributed by atoms with Crippen LogP contribution in [-0.4, -0.2) is 24.3 Å². The second-order valence-electron chi connectivity index (χ2n) is 2.93. The molecule has 3 nitrogen and oxygen atoms in total. The van der Waals surface area contributed by atoms with Gasteiger partial charge in [0, 0.05) is 6.92 Å². The maximum Gasteiger partial charge on any atom is 0.302 e. The average Bonchev–Trinajstić information content (AvgIpc) is 2.10. The summed E-state index contributed by atoms with van der Waals surface area (Å²) in [6.07, 6.45) is 4.82. The summed E-state index contributed by atoms with van der Waals surface area (Å²) in [5, 5.41) is 8.91. The Morgan fingerprint density at radius 2 is 2.23 bits per heavy atom. The van der Waals surface area contributed by atoms with Gasteiger partial charge in [0.2, 0.25) is 0 Å². The summed E-state index contributed by atoms with van der Waals surface area (Å²) >= 11 is 0. The number of hydrogen-bond donors (Lipinski definition) is 1. The molecule has 3 heteroatoms. The molecule has 0 rings (SSSR count). The molecule has 0 spiro atoms. The number of rotatable bonds is 6. The molecular formula is C10H18O3. The highest BCUT2D eigenvalue weighted by atomic mass is 16.5. The molecule has 0 aliphatic carbocycles. The fourth-order valence-corrected chi connectivity index (χ4v) is 0.926. The first kappa shape index (κ1) is 12.2. The SMILES string of the molecule is CCCC/C(=C/COC(C)=O)CO. The third-order valence-corrected chi connectivity index (χ3v) is 1.71. The quantitative estimate of drug-likeness (QED) is 0.507. The zero-order chi connectivity index (χ0) is 10.1. The van der Waals surface area contributed by atoms with Crippen molar-refractivity contribution < 1.29 is 14.6 Å². The Bertz CT molecular complexity index is 173. The first-order valence-corrected chi connectivity index (χ1v) is 4.62. The monoisotopic (exact) mass is 186 g/mol. The van der Waals surface area contributed by atoms with E-state index in [4.69, 9.17) is 9.84 Å². The lowest BCUT2D eigenvalue weighted by molar-refractivity contribution is -0.139. The highest BCUT2D eigenvalue weighted by molar-refractivity contribution is 5.66. The van der Waals surface area contributed by atoms with Gasteiger partial charge in [0.15, 0.2) is 0 Å². The summed E-state index contributed by atoms with van der Waals surface area (Å²) in [6.45, 7) is 3.80. The van der Waals surface area contributed by atoms with E-state index in [-0.39, 0.29) is 19.2 Å². The van der Waals surface area contributed by atoms with E-state index in [0.29, 0.717) is 0 Å². The molecule has 0 saturated heterocycles. The fraction of sp³-hybridized carbons (Fsp3) is 0.700. The highest BCUT2D eigenvalue weighted by Crippen LogP contribution is 2.05. The Hall–Kier alpha value is -0.830. The molecule has 0 aromatic heterocycles. The number of aliphatic hydroxyl groups is 1. The summed E-state index contributed by atoms with van der Waals surface area (Å²) in [7, 11) is 0. The van der Waals surface area contributed by atoms with Gasteiger partial charge < -0.3 is 9.84 Å². The molecule has 0 atom stereocenters. The number of hydrogen-bond acceptors (Lipinski definition) is 3. The van der Waals surface area contributed by atoms with E-state index >= 15 is 0 Å². The molecule has 0 amide bonds. The predicted molar refractivity (Wildman–Crippen MR) is 51.3 cm³/mol. The van der Waals surface area contributed by atoms with Gasteiger partial charge in [0.25, 0.3) is 0 Å². The summed E-state index contributed by atoms with van der Waals surface area (Å²) in [5.74, 6) is -0.288. The van der Waals surface area contributed by atoms with E-state index in [1.165, 1.54) is 6.92 Å². The van der Waals surface area contributed by atoms with Gasteiger partial charge in [-0.15, -0.1) is 0 Å². The molecule has 0 aliphatic rings. The molecule has 0 unspecified atom stereocenters. The third-order valence-electron chi connectivity index (χ3n) is 1.71. The van der Waals surface area contributed by atoms with E-state index < -0.39 is 0 Å². The maximum absolute atomic E-state index is 10.4. The smallest absolute Gasteiger partial charge is 0.302 e. The van der Waals surface area contributed by atoms with Crippen molar-refractivity contribution in [1.29, 1.82) is 0 Å². The molecule has 13 heavy (non-hydrogen) atoms. The maximum atomic E-state index is 10.4. The van der Waals surface area contributed by atoms with Gasteiger partial charge >= 0.3 is 5.97 Å². The number of carbonyl (C=O) groups is 1. The van der Waals surface area contributed by atoms with E-state index in [1.54, 1.807) is 6.08 Å². The Kier molecular flexibility index (Phi) is 7.30. The summed E-state index contributed by atoms with van der Waals surface area (Å²) < 4.78 is 4.73. The minimum atomic E-state index is -0.288.